The van der Waals surface area contributed by atoms with E-state index < -0.39 is 0 Å². The Balaban J connectivity index is 2.53. The highest BCUT2D eigenvalue weighted by Crippen LogP contribution is 2.05. The number of nitrogens with zero attached hydrogens (tertiary/aromatic N) is 1. The number of hydrogen-bond acceptors (Lipinski definition) is 3. The number of nitrogen functional groups attached to an aromatic ring is 1. The SMILES string of the molecule is CCCC(N)Cc1cccc(N)n1. The topological polar surface area (TPSA) is 64.9 Å². The smallest absolute Gasteiger partial charge is 0.123 e. The fraction of sp³-hybridized carbons (Fsp3) is 0.500. The molecule has 1 rings (SSSR count). The lowest BCUT2D eigenvalue weighted by atomic mass is 10.1. The molecule has 0 amide bonds. The zero-order valence-electron chi connectivity index (χ0n) is 8.03. The molecule has 4 N–H and O–H groups in total. The van der Waals surface area contributed by atoms with Crippen LogP contribution in [0.4, 0.5) is 5.82 Å². The number of nitrogens with two attached hydrogens (primary N) is 2. The molecule has 0 bridgehead atoms. The van der Waals surface area contributed by atoms with Crippen LogP contribution in [0.3, 0.4) is 0 Å². The lowest BCUT2D eigenvalue weighted by Gasteiger charge is -2.09. The molecule has 0 aliphatic rings. The highest BCUT2D eigenvalue weighted by atomic mass is 14.8. The Kier molecular flexibility index (Phi) is 3.71. The van der Waals surface area contributed by atoms with E-state index >= 15 is 0 Å². The Morgan fingerprint density at radius 2 is 2.23 bits per heavy atom. The minimum absolute atomic E-state index is 0.208. The lowest BCUT2D eigenvalue weighted by Crippen LogP contribution is -2.22. The van der Waals surface area contributed by atoms with Crippen LogP contribution in [0.2, 0.25) is 0 Å². The predicted octanol–water partition coefficient (Wildman–Crippen LogP) is 1.33. The minimum Gasteiger partial charge on any atom is -0.384 e. The van der Waals surface area contributed by atoms with Crippen LogP contribution in [0.5, 0.6) is 0 Å². The molecule has 72 valence electrons. The second-order valence-corrected chi connectivity index (χ2v) is 3.31. The zero-order valence-corrected chi connectivity index (χ0v) is 8.03. The fourth-order valence-electron chi connectivity index (χ4n) is 1.35. The van der Waals surface area contributed by atoms with Crippen LogP contribution in [-0.2, 0) is 6.42 Å². The zero-order chi connectivity index (χ0) is 9.68. The van der Waals surface area contributed by atoms with Crippen molar-refractivity contribution in [1.29, 1.82) is 0 Å². The van der Waals surface area contributed by atoms with Crippen LogP contribution in [0.25, 0.3) is 0 Å². The molecule has 3 heteroatoms. The first-order chi connectivity index (χ1) is 6.22. The molecule has 1 aromatic rings. The van der Waals surface area contributed by atoms with Crippen LogP contribution in [0, 0.1) is 0 Å². The highest BCUT2D eigenvalue weighted by molar-refractivity contribution is 5.28. The summed E-state index contributed by atoms with van der Waals surface area (Å²) in [6, 6.07) is 5.87. The van der Waals surface area contributed by atoms with Gasteiger partial charge < -0.3 is 11.5 Å². The summed E-state index contributed by atoms with van der Waals surface area (Å²) in [4.78, 5) is 4.19. The molecule has 3 nitrogen and oxygen atoms in total. The van der Waals surface area contributed by atoms with Gasteiger partial charge in [0.05, 0.1) is 0 Å². The van der Waals surface area contributed by atoms with Crippen molar-refractivity contribution in [2.75, 3.05) is 5.73 Å². The summed E-state index contributed by atoms with van der Waals surface area (Å²) in [5.74, 6) is 0.571. The van der Waals surface area contributed by atoms with E-state index in [-0.39, 0.29) is 6.04 Å². The van der Waals surface area contributed by atoms with Gasteiger partial charge >= 0.3 is 0 Å². The summed E-state index contributed by atoms with van der Waals surface area (Å²) < 4.78 is 0. The van der Waals surface area contributed by atoms with Gasteiger partial charge in [-0.15, -0.1) is 0 Å². The van der Waals surface area contributed by atoms with Crippen molar-refractivity contribution in [2.45, 2.75) is 32.2 Å². The van der Waals surface area contributed by atoms with E-state index in [9.17, 15) is 0 Å². The maximum atomic E-state index is 5.89. The first-order valence-electron chi connectivity index (χ1n) is 4.69. The largest absolute Gasteiger partial charge is 0.384 e. The number of aromatic nitrogens is 1. The Morgan fingerprint density at radius 1 is 1.46 bits per heavy atom. The van der Waals surface area contributed by atoms with Gasteiger partial charge in [-0.05, 0) is 18.6 Å². The van der Waals surface area contributed by atoms with Gasteiger partial charge in [-0.25, -0.2) is 4.98 Å². The van der Waals surface area contributed by atoms with E-state index in [1.54, 1.807) is 6.07 Å². The Hall–Kier alpha value is -1.09. The van der Waals surface area contributed by atoms with Gasteiger partial charge in [-0.3, -0.25) is 0 Å². The van der Waals surface area contributed by atoms with Gasteiger partial charge in [0.25, 0.3) is 0 Å². The predicted molar refractivity (Wildman–Crippen MR) is 55.2 cm³/mol. The number of pyridine rings is 1. The summed E-state index contributed by atoms with van der Waals surface area (Å²) in [5, 5.41) is 0. The Bertz CT molecular complexity index is 260. The molecule has 0 aliphatic carbocycles. The monoisotopic (exact) mass is 179 g/mol. The molecule has 0 aromatic carbocycles. The first-order valence-corrected chi connectivity index (χ1v) is 4.69. The second-order valence-electron chi connectivity index (χ2n) is 3.31. The summed E-state index contributed by atoms with van der Waals surface area (Å²) in [6.45, 7) is 2.13. The molecular weight excluding hydrogens is 162 g/mol. The van der Waals surface area contributed by atoms with Gasteiger partial charge in [-0.2, -0.15) is 0 Å². The van der Waals surface area contributed by atoms with E-state index in [1.165, 1.54) is 0 Å². The summed E-state index contributed by atoms with van der Waals surface area (Å²) >= 11 is 0. The average molecular weight is 179 g/mol. The first kappa shape index (κ1) is 9.99. The Labute approximate surface area is 79.2 Å². The number of anilines is 1. The van der Waals surface area contributed by atoms with Crippen LogP contribution in [-0.4, -0.2) is 11.0 Å². The fourth-order valence-corrected chi connectivity index (χ4v) is 1.35. The lowest BCUT2D eigenvalue weighted by molar-refractivity contribution is 0.594. The van der Waals surface area contributed by atoms with E-state index in [1.807, 2.05) is 12.1 Å². The molecule has 1 unspecified atom stereocenters. The van der Waals surface area contributed by atoms with E-state index in [0.717, 1.165) is 25.0 Å². The van der Waals surface area contributed by atoms with Crippen LogP contribution in [0.15, 0.2) is 18.2 Å². The van der Waals surface area contributed by atoms with Crippen molar-refractivity contribution in [3.8, 4) is 0 Å². The molecule has 0 saturated carbocycles. The third kappa shape index (κ3) is 3.42. The number of rotatable bonds is 4. The molecule has 0 saturated heterocycles. The van der Waals surface area contributed by atoms with Crippen molar-refractivity contribution >= 4 is 5.82 Å². The van der Waals surface area contributed by atoms with Crippen LogP contribution in [0.1, 0.15) is 25.5 Å². The third-order valence-corrected chi connectivity index (χ3v) is 1.96. The number of hydrogen-bond donors (Lipinski definition) is 2. The quantitative estimate of drug-likeness (QED) is 0.733. The molecule has 0 spiro atoms. The van der Waals surface area contributed by atoms with Gasteiger partial charge in [0.1, 0.15) is 5.82 Å². The molecule has 0 fully saturated rings. The van der Waals surface area contributed by atoms with Crippen LogP contribution >= 0.6 is 0 Å². The van der Waals surface area contributed by atoms with Crippen molar-refractivity contribution in [2.24, 2.45) is 5.73 Å². The van der Waals surface area contributed by atoms with Gasteiger partial charge in [0.2, 0.25) is 0 Å². The highest BCUT2D eigenvalue weighted by Gasteiger charge is 2.03. The van der Waals surface area contributed by atoms with E-state index in [0.29, 0.717) is 5.82 Å². The maximum absolute atomic E-state index is 5.89. The molecule has 1 heterocycles. The van der Waals surface area contributed by atoms with Gasteiger partial charge in [-0.1, -0.05) is 19.4 Å². The normalized spacial score (nSPS) is 12.8. The van der Waals surface area contributed by atoms with Crippen molar-refractivity contribution in [3.63, 3.8) is 0 Å². The van der Waals surface area contributed by atoms with Crippen molar-refractivity contribution in [1.82, 2.24) is 4.98 Å². The van der Waals surface area contributed by atoms with Crippen LogP contribution < -0.4 is 11.5 Å². The van der Waals surface area contributed by atoms with E-state index in [2.05, 4.69) is 11.9 Å². The second kappa shape index (κ2) is 4.82. The maximum Gasteiger partial charge on any atom is 0.123 e. The van der Waals surface area contributed by atoms with Gasteiger partial charge in [0.15, 0.2) is 0 Å². The summed E-state index contributed by atoms with van der Waals surface area (Å²) in [7, 11) is 0. The van der Waals surface area contributed by atoms with Gasteiger partial charge in [0, 0.05) is 18.2 Å². The standard InChI is InChI=1S/C10H17N3/c1-2-4-8(11)7-9-5-3-6-10(12)13-9/h3,5-6,8H,2,4,7,11H2,1H3,(H2,12,13). The molecular formula is C10H17N3. The molecule has 0 aliphatic heterocycles. The molecule has 1 aromatic heterocycles. The third-order valence-electron chi connectivity index (χ3n) is 1.96. The molecule has 1 atom stereocenters. The summed E-state index contributed by atoms with van der Waals surface area (Å²) in [5.41, 5.74) is 12.4. The Morgan fingerprint density at radius 3 is 2.85 bits per heavy atom. The minimum atomic E-state index is 0.208. The van der Waals surface area contributed by atoms with E-state index in [4.69, 9.17) is 11.5 Å². The molecule has 0 radical (unpaired) electrons. The van der Waals surface area contributed by atoms with Crippen molar-refractivity contribution in [3.05, 3.63) is 23.9 Å². The average Bonchev–Trinajstić information content (AvgIpc) is 2.04. The van der Waals surface area contributed by atoms with Crippen molar-refractivity contribution < 1.29 is 0 Å². The summed E-state index contributed by atoms with van der Waals surface area (Å²) in [6.07, 6.45) is 2.97. The molecule has 13 heavy (non-hydrogen) atoms.